The molecule has 0 radical (unpaired) electrons. The third kappa shape index (κ3) is 4.38. The van der Waals surface area contributed by atoms with Crippen molar-refractivity contribution in [3.63, 3.8) is 0 Å². The van der Waals surface area contributed by atoms with E-state index in [1.54, 1.807) is 0 Å². The van der Waals surface area contributed by atoms with Gasteiger partial charge in [-0.05, 0) is 23.3 Å². The maximum Gasteiger partial charge on any atom is 0.240 e. The lowest BCUT2D eigenvalue weighted by Gasteiger charge is -2.32. The van der Waals surface area contributed by atoms with E-state index in [1.807, 2.05) is 30.3 Å². The number of rotatable bonds is 5. The highest BCUT2D eigenvalue weighted by Crippen LogP contribution is 2.25. The Hall–Kier alpha value is -2.02. The number of ether oxygens (including phenoxy) is 1. The first kappa shape index (κ1) is 17.4. The van der Waals surface area contributed by atoms with Crippen molar-refractivity contribution in [2.24, 2.45) is 0 Å². The van der Waals surface area contributed by atoms with Gasteiger partial charge < -0.3 is 9.26 Å². The van der Waals surface area contributed by atoms with Gasteiger partial charge in [-0.15, -0.1) is 0 Å². The first-order chi connectivity index (χ1) is 12.8. The summed E-state index contributed by atoms with van der Waals surface area (Å²) in [5.41, 5.74) is 2.36. The van der Waals surface area contributed by atoms with Gasteiger partial charge in [-0.1, -0.05) is 63.6 Å². The van der Waals surface area contributed by atoms with Crippen molar-refractivity contribution in [1.82, 2.24) is 15.0 Å². The van der Waals surface area contributed by atoms with Gasteiger partial charge in [-0.2, -0.15) is 4.98 Å². The second-order valence-electron chi connectivity index (χ2n) is 6.42. The van der Waals surface area contributed by atoms with Crippen LogP contribution < -0.4 is 0 Å². The summed E-state index contributed by atoms with van der Waals surface area (Å²) in [6.45, 7) is 3.02. The molecule has 1 atom stereocenters. The molecule has 1 aliphatic heterocycles. The third-order valence-electron chi connectivity index (χ3n) is 4.45. The molecule has 4 rings (SSSR count). The average Bonchev–Trinajstić information content (AvgIpc) is 3.09. The van der Waals surface area contributed by atoms with Crippen molar-refractivity contribution < 1.29 is 9.26 Å². The van der Waals surface area contributed by atoms with Gasteiger partial charge in [0.15, 0.2) is 5.82 Å². The SMILES string of the molecule is Brc1cccc([C@H]2CN(Cc3nc(Cc4ccccc4)no3)CCO2)c1. The van der Waals surface area contributed by atoms with Crippen LogP contribution in [0.5, 0.6) is 0 Å². The molecule has 1 saturated heterocycles. The van der Waals surface area contributed by atoms with Crippen molar-refractivity contribution in [2.45, 2.75) is 19.1 Å². The molecule has 0 N–H and O–H groups in total. The number of halogens is 1. The first-order valence-electron chi connectivity index (χ1n) is 8.71. The van der Waals surface area contributed by atoms with Gasteiger partial charge in [0, 0.05) is 24.0 Å². The molecule has 134 valence electrons. The van der Waals surface area contributed by atoms with Crippen molar-refractivity contribution in [3.8, 4) is 0 Å². The summed E-state index contributed by atoms with van der Waals surface area (Å²) in [6, 6.07) is 18.5. The van der Waals surface area contributed by atoms with Crippen LogP contribution in [0, 0.1) is 0 Å². The van der Waals surface area contributed by atoms with Gasteiger partial charge in [0.05, 0.1) is 19.3 Å². The number of hydrogen-bond acceptors (Lipinski definition) is 5. The minimum Gasteiger partial charge on any atom is -0.371 e. The van der Waals surface area contributed by atoms with Crippen molar-refractivity contribution in [3.05, 3.63) is 81.9 Å². The molecule has 3 aromatic rings. The molecule has 0 aliphatic carbocycles. The summed E-state index contributed by atoms with van der Waals surface area (Å²) in [6.07, 6.45) is 0.752. The summed E-state index contributed by atoms with van der Waals surface area (Å²) in [7, 11) is 0. The fourth-order valence-electron chi connectivity index (χ4n) is 3.15. The Morgan fingerprint density at radius 3 is 2.85 bits per heavy atom. The predicted octanol–water partition coefficient (Wildman–Crippen LogP) is 4.00. The molecule has 0 bridgehead atoms. The minimum absolute atomic E-state index is 0.0629. The zero-order chi connectivity index (χ0) is 17.8. The fourth-order valence-corrected chi connectivity index (χ4v) is 3.57. The average molecular weight is 414 g/mol. The fraction of sp³-hybridized carbons (Fsp3) is 0.300. The van der Waals surface area contributed by atoms with Gasteiger partial charge >= 0.3 is 0 Å². The Labute approximate surface area is 161 Å². The highest BCUT2D eigenvalue weighted by Gasteiger charge is 2.23. The number of benzene rings is 2. The Morgan fingerprint density at radius 2 is 2.00 bits per heavy atom. The van der Waals surface area contributed by atoms with E-state index >= 15 is 0 Å². The number of morpholine rings is 1. The summed E-state index contributed by atoms with van der Waals surface area (Å²) >= 11 is 3.53. The normalized spacial score (nSPS) is 18.1. The molecule has 0 amide bonds. The number of hydrogen-bond donors (Lipinski definition) is 0. The second-order valence-corrected chi connectivity index (χ2v) is 7.33. The molecule has 2 aromatic carbocycles. The molecule has 2 heterocycles. The van der Waals surface area contributed by atoms with Gasteiger partial charge in [-0.25, -0.2) is 0 Å². The Morgan fingerprint density at radius 1 is 1.12 bits per heavy atom. The minimum atomic E-state index is 0.0629. The zero-order valence-corrected chi connectivity index (χ0v) is 15.9. The van der Waals surface area contributed by atoms with E-state index in [9.17, 15) is 0 Å². The maximum absolute atomic E-state index is 5.94. The van der Waals surface area contributed by atoms with Gasteiger partial charge in [0.1, 0.15) is 0 Å². The Kier molecular flexibility index (Phi) is 5.43. The van der Waals surface area contributed by atoms with Crippen LogP contribution in [0.1, 0.15) is 28.9 Å². The lowest BCUT2D eigenvalue weighted by atomic mass is 10.1. The van der Waals surface area contributed by atoms with E-state index in [0.29, 0.717) is 25.5 Å². The molecule has 1 aliphatic rings. The monoisotopic (exact) mass is 413 g/mol. The summed E-state index contributed by atoms with van der Waals surface area (Å²) in [5.74, 6) is 1.38. The summed E-state index contributed by atoms with van der Waals surface area (Å²) in [5, 5.41) is 4.12. The molecule has 0 spiro atoms. The summed E-state index contributed by atoms with van der Waals surface area (Å²) < 4.78 is 12.5. The smallest absolute Gasteiger partial charge is 0.240 e. The molecule has 1 fully saturated rings. The van der Waals surface area contributed by atoms with Gasteiger partial charge in [0.2, 0.25) is 5.89 Å². The van der Waals surface area contributed by atoms with Crippen molar-refractivity contribution in [1.29, 1.82) is 0 Å². The zero-order valence-electron chi connectivity index (χ0n) is 14.3. The van der Waals surface area contributed by atoms with Crippen LogP contribution in [0.4, 0.5) is 0 Å². The maximum atomic E-state index is 5.94. The van der Waals surface area contributed by atoms with E-state index in [2.05, 4.69) is 55.2 Å². The standard InChI is InChI=1S/C20H20BrN3O2/c21-17-8-4-7-16(12-17)18-13-24(9-10-25-18)14-20-22-19(23-26-20)11-15-5-2-1-3-6-15/h1-8,12,18H,9-11,13-14H2/t18-/m1/s1. The van der Waals surface area contributed by atoms with Crippen LogP contribution in [0.2, 0.25) is 0 Å². The van der Waals surface area contributed by atoms with Crippen molar-refractivity contribution in [2.75, 3.05) is 19.7 Å². The molecule has 5 nitrogen and oxygen atoms in total. The molecule has 0 saturated carbocycles. The third-order valence-corrected chi connectivity index (χ3v) is 4.94. The van der Waals surface area contributed by atoms with Gasteiger partial charge in [-0.3, -0.25) is 4.90 Å². The Balaban J connectivity index is 1.38. The van der Waals surface area contributed by atoms with Crippen molar-refractivity contribution >= 4 is 15.9 Å². The lowest BCUT2D eigenvalue weighted by molar-refractivity contribution is -0.0356. The van der Waals surface area contributed by atoms with E-state index in [4.69, 9.17) is 9.26 Å². The molecular weight excluding hydrogens is 394 g/mol. The van der Waals surface area contributed by atoms with E-state index in [-0.39, 0.29) is 6.10 Å². The highest BCUT2D eigenvalue weighted by atomic mass is 79.9. The first-order valence-corrected chi connectivity index (χ1v) is 9.50. The van der Waals surface area contributed by atoms with Gasteiger partial charge in [0.25, 0.3) is 0 Å². The lowest BCUT2D eigenvalue weighted by Crippen LogP contribution is -2.37. The Bertz CT molecular complexity index is 853. The quantitative estimate of drug-likeness (QED) is 0.632. The highest BCUT2D eigenvalue weighted by molar-refractivity contribution is 9.10. The predicted molar refractivity (Wildman–Crippen MR) is 102 cm³/mol. The van der Waals surface area contributed by atoms with Crippen LogP contribution in [-0.2, 0) is 17.7 Å². The second kappa shape index (κ2) is 8.12. The van der Waals surface area contributed by atoms with Crippen LogP contribution in [0.25, 0.3) is 0 Å². The molecule has 0 unspecified atom stereocenters. The van der Waals surface area contributed by atoms with Crippen LogP contribution in [0.15, 0.2) is 63.6 Å². The van der Waals surface area contributed by atoms with E-state index in [0.717, 1.165) is 23.4 Å². The van der Waals surface area contributed by atoms with Crippen LogP contribution >= 0.6 is 15.9 Å². The number of aromatic nitrogens is 2. The topological polar surface area (TPSA) is 51.4 Å². The molecule has 26 heavy (non-hydrogen) atoms. The largest absolute Gasteiger partial charge is 0.371 e. The molecule has 6 heteroatoms. The molecule has 1 aromatic heterocycles. The van der Waals surface area contributed by atoms with E-state index in [1.165, 1.54) is 11.1 Å². The number of nitrogens with zero attached hydrogens (tertiary/aromatic N) is 3. The summed E-state index contributed by atoms with van der Waals surface area (Å²) in [4.78, 5) is 6.84. The van der Waals surface area contributed by atoms with Crippen LogP contribution in [-0.4, -0.2) is 34.7 Å². The molecular formula is C20H20BrN3O2. The van der Waals surface area contributed by atoms with E-state index < -0.39 is 0 Å². The van der Waals surface area contributed by atoms with Crippen LogP contribution in [0.3, 0.4) is 0 Å².